The van der Waals surface area contributed by atoms with Gasteiger partial charge in [-0.3, -0.25) is 0 Å². The zero-order valence-corrected chi connectivity index (χ0v) is 12.8. The standard InChI is InChI=1S/C17H26N2O2/c1-2-13-11-19-9-8-14(13)10-16(19)12-21-17(20)18-15-6-4-3-5-7-15/h1,13-16H,3-12H2,(H,18,20)/p+1/t13-,14+,16+/m0/s1. The number of hydrogen-bond donors (Lipinski definition) is 2. The number of rotatable bonds is 3. The first-order valence-corrected chi connectivity index (χ1v) is 8.50. The molecule has 3 aliphatic heterocycles. The van der Waals surface area contributed by atoms with Gasteiger partial charge < -0.3 is 15.0 Å². The third-order valence-corrected chi connectivity index (χ3v) is 5.61. The Morgan fingerprint density at radius 2 is 2.10 bits per heavy atom. The van der Waals surface area contributed by atoms with Crippen LogP contribution in [0.2, 0.25) is 0 Å². The molecule has 0 aromatic rings. The summed E-state index contributed by atoms with van der Waals surface area (Å²) in [7, 11) is 0. The molecule has 4 nitrogen and oxygen atoms in total. The second kappa shape index (κ2) is 6.70. The van der Waals surface area contributed by atoms with E-state index in [9.17, 15) is 4.79 Å². The Bertz CT molecular complexity index is 412. The maximum absolute atomic E-state index is 11.9. The summed E-state index contributed by atoms with van der Waals surface area (Å²) in [6.07, 6.45) is 13.7. The summed E-state index contributed by atoms with van der Waals surface area (Å²) in [4.78, 5) is 13.4. The maximum atomic E-state index is 11.9. The molecule has 4 fully saturated rings. The van der Waals surface area contributed by atoms with Crippen LogP contribution in [0.1, 0.15) is 44.9 Å². The molecular weight excluding hydrogens is 264 g/mol. The molecule has 2 N–H and O–H groups in total. The molecule has 4 aliphatic rings. The Hall–Kier alpha value is -1.21. The minimum absolute atomic E-state index is 0.225. The van der Waals surface area contributed by atoms with E-state index in [0.29, 0.717) is 30.5 Å². The number of ether oxygens (including phenoxy) is 1. The molecule has 0 radical (unpaired) electrons. The molecule has 1 saturated carbocycles. The number of alkyl carbamates (subject to hydrolysis) is 1. The van der Waals surface area contributed by atoms with Gasteiger partial charge >= 0.3 is 6.09 Å². The van der Waals surface area contributed by atoms with Crippen LogP contribution < -0.4 is 10.2 Å². The van der Waals surface area contributed by atoms with Crippen molar-refractivity contribution in [1.82, 2.24) is 5.32 Å². The molecular formula is C17H27N2O2+. The average molecular weight is 291 g/mol. The van der Waals surface area contributed by atoms with E-state index in [4.69, 9.17) is 11.2 Å². The lowest BCUT2D eigenvalue weighted by Crippen LogP contribution is -3.20. The van der Waals surface area contributed by atoms with Crippen LogP contribution >= 0.6 is 0 Å². The molecule has 1 amide bonds. The second-order valence-electron chi connectivity index (χ2n) is 6.94. The molecule has 21 heavy (non-hydrogen) atoms. The molecule has 116 valence electrons. The summed E-state index contributed by atoms with van der Waals surface area (Å²) < 4.78 is 5.48. The van der Waals surface area contributed by atoms with Crippen molar-refractivity contribution in [3.63, 3.8) is 0 Å². The van der Waals surface area contributed by atoms with Crippen LogP contribution in [0, 0.1) is 24.2 Å². The van der Waals surface area contributed by atoms with Crippen molar-refractivity contribution < 1.29 is 14.4 Å². The monoisotopic (exact) mass is 291 g/mol. The summed E-state index contributed by atoms with van der Waals surface area (Å²) in [6, 6.07) is 0.776. The fourth-order valence-corrected chi connectivity index (χ4v) is 4.32. The van der Waals surface area contributed by atoms with E-state index in [1.807, 2.05) is 0 Å². The van der Waals surface area contributed by atoms with E-state index < -0.39 is 0 Å². The van der Waals surface area contributed by atoms with Gasteiger partial charge in [-0.15, -0.1) is 6.42 Å². The zero-order valence-electron chi connectivity index (χ0n) is 12.8. The van der Waals surface area contributed by atoms with E-state index in [1.165, 1.54) is 37.1 Å². The highest BCUT2D eigenvalue weighted by atomic mass is 16.5. The molecule has 0 spiro atoms. The molecule has 3 heterocycles. The third kappa shape index (κ3) is 3.52. The minimum Gasteiger partial charge on any atom is -0.443 e. The SMILES string of the molecule is C#C[C@H]1C[NH+]2CC[C@@H]1C[C@@H]2COC(=O)NC1CCCCC1. The summed E-state index contributed by atoms with van der Waals surface area (Å²) >= 11 is 0. The highest BCUT2D eigenvalue weighted by molar-refractivity contribution is 5.67. The highest BCUT2D eigenvalue weighted by Crippen LogP contribution is 2.26. The fraction of sp³-hybridized carbons (Fsp3) is 0.824. The van der Waals surface area contributed by atoms with Gasteiger partial charge in [0.15, 0.2) is 0 Å². The first-order chi connectivity index (χ1) is 10.3. The number of carbonyl (C=O) groups excluding carboxylic acids is 1. The third-order valence-electron chi connectivity index (χ3n) is 5.61. The van der Waals surface area contributed by atoms with E-state index in [0.717, 1.165) is 25.8 Å². The van der Waals surface area contributed by atoms with Crippen LogP contribution in [-0.2, 0) is 4.74 Å². The fourth-order valence-electron chi connectivity index (χ4n) is 4.32. The Morgan fingerprint density at radius 3 is 2.76 bits per heavy atom. The number of carbonyl (C=O) groups is 1. The number of terminal acetylenes is 1. The number of hydrogen-bond acceptors (Lipinski definition) is 2. The molecule has 0 aromatic heterocycles. The number of quaternary nitrogens is 1. The van der Waals surface area contributed by atoms with Gasteiger partial charge in [0.05, 0.1) is 19.0 Å². The first kappa shape index (κ1) is 14.7. The van der Waals surface area contributed by atoms with Crippen molar-refractivity contribution in [2.75, 3.05) is 19.7 Å². The number of amides is 1. The number of nitrogens with one attached hydrogen (secondary N) is 2. The topological polar surface area (TPSA) is 42.8 Å². The van der Waals surface area contributed by atoms with Gasteiger partial charge in [0, 0.05) is 18.9 Å². The van der Waals surface area contributed by atoms with Crippen molar-refractivity contribution in [1.29, 1.82) is 0 Å². The predicted molar refractivity (Wildman–Crippen MR) is 80.9 cm³/mol. The lowest BCUT2D eigenvalue weighted by Gasteiger charge is -2.44. The van der Waals surface area contributed by atoms with Gasteiger partial charge in [-0.25, -0.2) is 4.79 Å². The molecule has 2 bridgehead atoms. The smallest absolute Gasteiger partial charge is 0.407 e. The van der Waals surface area contributed by atoms with Crippen LogP contribution in [0.25, 0.3) is 0 Å². The number of piperidine rings is 3. The van der Waals surface area contributed by atoms with Gasteiger partial charge in [0.25, 0.3) is 0 Å². The second-order valence-corrected chi connectivity index (χ2v) is 6.94. The summed E-state index contributed by atoms with van der Waals surface area (Å²) in [6.45, 7) is 2.78. The molecule has 0 aromatic carbocycles. The Labute approximate surface area is 127 Å². The molecule has 1 unspecified atom stereocenters. The van der Waals surface area contributed by atoms with Gasteiger partial charge in [-0.2, -0.15) is 0 Å². The summed E-state index contributed by atoms with van der Waals surface area (Å²) in [5, 5.41) is 3.02. The van der Waals surface area contributed by atoms with Crippen LogP contribution in [0.5, 0.6) is 0 Å². The minimum atomic E-state index is -0.225. The van der Waals surface area contributed by atoms with E-state index >= 15 is 0 Å². The number of fused-ring (bicyclic) bond motifs is 3. The molecule has 1 aliphatic carbocycles. The highest BCUT2D eigenvalue weighted by Gasteiger charge is 2.43. The van der Waals surface area contributed by atoms with Crippen LogP contribution in [-0.4, -0.2) is 37.9 Å². The van der Waals surface area contributed by atoms with E-state index in [-0.39, 0.29) is 6.09 Å². The normalized spacial score (nSPS) is 36.0. The lowest BCUT2D eigenvalue weighted by molar-refractivity contribution is -0.945. The quantitative estimate of drug-likeness (QED) is 0.761. The summed E-state index contributed by atoms with van der Waals surface area (Å²) in [5.74, 6) is 4.01. The van der Waals surface area contributed by atoms with E-state index in [1.54, 1.807) is 0 Å². The van der Waals surface area contributed by atoms with Crippen molar-refractivity contribution in [3.8, 4) is 12.3 Å². The predicted octanol–water partition coefficient (Wildman–Crippen LogP) is 0.972. The Morgan fingerprint density at radius 1 is 1.29 bits per heavy atom. The van der Waals surface area contributed by atoms with Gasteiger partial charge in [-0.1, -0.05) is 25.2 Å². The van der Waals surface area contributed by atoms with Crippen molar-refractivity contribution >= 4 is 6.09 Å². The maximum Gasteiger partial charge on any atom is 0.407 e. The molecule has 4 heteroatoms. The van der Waals surface area contributed by atoms with Crippen molar-refractivity contribution in [2.45, 2.75) is 57.0 Å². The molecule has 3 saturated heterocycles. The van der Waals surface area contributed by atoms with Crippen molar-refractivity contribution in [3.05, 3.63) is 0 Å². The van der Waals surface area contributed by atoms with Gasteiger partial charge in [0.2, 0.25) is 0 Å². The lowest BCUT2D eigenvalue weighted by atomic mass is 9.76. The van der Waals surface area contributed by atoms with E-state index in [2.05, 4.69) is 11.2 Å². The molecule has 4 atom stereocenters. The van der Waals surface area contributed by atoms with Gasteiger partial charge in [0.1, 0.15) is 12.6 Å². The van der Waals surface area contributed by atoms with Crippen LogP contribution in [0.15, 0.2) is 0 Å². The van der Waals surface area contributed by atoms with Crippen LogP contribution in [0.3, 0.4) is 0 Å². The Balaban J connectivity index is 1.41. The van der Waals surface area contributed by atoms with Gasteiger partial charge in [-0.05, 0) is 18.8 Å². The zero-order chi connectivity index (χ0) is 14.7. The Kier molecular flexibility index (Phi) is 4.70. The first-order valence-electron chi connectivity index (χ1n) is 8.50. The van der Waals surface area contributed by atoms with Crippen LogP contribution in [0.4, 0.5) is 4.79 Å². The largest absolute Gasteiger partial charge is 0.443 e. The average Bonchev–Trinajstić information content (AvgIpc) is 2.54. The van der Waals surface area contributed by atoms with Crippen molar-refractivity contribution in [2.24, 2.45) is 11.8 Å². The summed E-state index contributed by atoms with van der Waals surface area (Å²) in [5.41, 5.74) is 0. The molecule has 4 rings (SSSR count).